The number of para-hydroxylation sites is 1. The Bertz CT molecular complexity index is 1030. The van der Waals surface area contributed by atoms with E-state index in [1.165, 1.54) is 41.3 Å². The first-order valence-corrected chi connectivity index (χ1v) is 10.1. The second-order valence-electron chi connectivity index (χ2n) is 5.57. The van der Waals surface area contributed by atoms with E-state index in [0.29, 0.717) is 15.2 Å². The van der Waals surface area contributed by atoms with Crippen LogP contribution in [0, 0.1) is 17.0 Å². The summed E-state index contributed by atoms with van der Waals surface area (Å²) in [6, 6.07) is 11.7. The molecule has 1 amide bonds. The molecule has 0 spiro atoms. The number of nitro groups is 1. The summed E-state index contributed by atoms with van der Waals surface area (Å²) in [6.45, 7) is 1.99. The fraction of sp³-hybridized carbons (Fsp3) is 0.118. The molecule has 8 nitrogen and oxygen atoms in total. The smallest absolute Gasteiger partial charge is 0.271 e. The number of thioether (sulfide) groups is 1. The molecule has 0 radical (unpaired) electrons. The lowest BCUT2D eigenvalue weighted by Crippen LogP contribution is -2.14. The van der Waals surface area contributed by atoms with Crippen LogP contribution < -0.4 is 10.6 Å². The summed E-state index contributed by atoms with van der Waals surface area (Å²) in [5, 5.41) is 25.4. The number of hydrogen-bond acceptors (Lipinski definition) is 8. The van der Waals surface area contributed by atoms with Crippen molar-refractivity contribution >= 4 is 62.8 Å². The highest BCUT2D eigenvalue weighted by Crippen LogP contribution is 2.30. The number of carbonyl (C=O) groups is 1. The van der Waals surface area contributed by atoms with E-state index in [2.05, 4.69) is 20.8 Å². The molecule has 11 heteroatoms. The number of benzene rings is 2. The van der Waals surface area contributed by atoms with Crippen molar-refractivity contribution in [2.45, 2.75) is 11.3 Å². The number of rotatable bonds is 7. The van der Waals surface area contributed by atoms with Crippen molar-refractivity contribution in [1.29, 1.82) is 0 Å². The lowest BCUT2D eigenvalue weighted by Gasteiger charge is -2.06. The fourth-order valence-corrected chi connectivity index (χ4v) is 3.97. The maximum Gasteiger partial charge on any atom is 0.271 e. The molecule has 0 aliphatic heterocycles. The number of nitrogens with one attached hydrogen (secondary N) is 2. The van der Waals surface area contributed by atoms with E-state index in [-0.39, 0.29) is 22.4 Å². The van der Waals surface area contributed by atoms with Crippen LogP contribution in [0.1, 0.15) is 5.56 Å². The molecule has 0 aliphatic rings. The summed E-state index contributed by atoms with van der Waals surface area (Å²) in [5.74, 6) is -0.198. The van der Waals surface area contributed by atoms with Gasteiger partial charge in [0.2, 0.25) is 11.0 Å². The van der Waals surface area contributed by atoms with Crippen LogP contribution in [0.15, 0.2) is 46.8 Å². The quantitative estimate of drug-likeness (QED) is 0.309. The normalized spacial score (nSPS) is 10.5. The third-order valence-corrected chi connectivity index (χ3v) is 5.84. The third kappa shape index (κ3) is 5.18. The average molecular weight is 436 g/mol. The van der Waals surface area contributed by atoms with Gasteiger partial charge in [0.05, 0.1) is 21.4 Å². The third-order valence-electron chi connectivity index (χ3n) is 3.56. The summed E-state index contributed by atoms with van der Waals surface area (Å²) in [7, 11) is 0. The predicted molar refractivity (Wildman–Crippen MR) is 112 cm³/mol. The lowest BCUT2D eigenvalue weighted by atomic mass is 10.2. The molecule has 0 atom stereocenters. The number of nitrogens with zero attached hydrogens (tertiary/aromatic N) is 3. The summed E-state index contributed by atoms with van der Waals surface area (Å²) in [6.07, 6.45) is 0. The van der Waals surface area contributed by atoms with E-state index in [0.717, 1.165) is 11.3 Å². The van der Waals surface area contributed by atoms with Crippen molar-refractivity contribution in [3.8, 4) is 0 Å². The minimum absolute atomic E-state index is 0.103. The highest BCUT2D eigenvalue weighted by atomic mass is 35.5. The summed E-state index contributed by atoms with van der Waals surface area (Å²) < 4.78 is 0.640. The number of hydrogen-bond donors (Lipinski definition) is 2. The van der Waals surface area contributed by atoms with Crippen molar-refractivity contribution in [3.63, 3.8) is 0 Å². The van der Waals surface area contributed by atoms with Crippen LogP contribution >= 0.6 is 34.7 Å². The molecule has 0 saturated heterocycles. The van der Waals surface area contributed by atoms with Gasteiger partial charge in [-0.05, 0) is 24.6 Å². The van der Waals surface area contributed by atoms with Crippen molar-refractivity contribution in [2.24, 2.45) is 0 Å². The Kier molecular flexibility index (Phi) is 6.45. The van der Waals surface area contributed by atoms with E-state index in [1.807, 2.05) is 31.2 Å². The van der Waals surface area contributed by atoms with Gasteiger partial charge in [0.25, 0.3) is 5.69 Å². The van der Waals surface area contributed by atoms with Gasteiger partial charge < -0.3 is 10.6 Å². The molecule has 0 bridgehead atoms. The molecule has 0 unspecified atom stereocenters. The highest BCUT2D eigenvalue weighted by molar-refractivity contribution is 8.01. The van der Waals surface area contributed by atoms with Gasteiger partial charge >= 0.3 is 0 Å². The van der Waals surface area contributed by atoms with Crippen LogP contribution in [0.3, 0.4) is 0 Å². The first kappa shape index (κ1) is 20.1. The van der Waals surface area contributed by atoms with Crippen molar-refractivity contribution in [1.82, 2.24) is 10.2 Å². The van der Waals surface area contributed by atoms with E-state index in [1.54, 1.807) is 0 Å². The zero-order chi connectivity index (χ0) is 20.1. The Morgan fingerprint density at radius 3 is 2.75 bits per heavy atom. The molecule has 2 N–H and O–H groups in total. The number of halogens is 1. The monoisotopic (exact) mass is 435 g/mol. The standard InChI is InChI=1S/C17H14ClN5O3S2/c1-10-4-2-3-5-13(10)20-16-21-22-17(28-16)27-9-15(24)19-14-7-6-11(23(25)26)8-12(14)18/h2-8H,9H2,1H3,(H,19,24)(H,20,21). The molecule has 3 rings (SSSR count). The predicted octanol–water partition coefficient (Wildman–Crippen LogP) is 4.88. The Hall–Kier alpha value is -2.69. The summed E-state index contributed by atoms with van der Waals surface area (Å²) in [4.78, 5) is 22.3. The molecule has 0 aliphatic carbocycles. The number of non-ortho nitro benzene ring substituents is 1. The van der Waals surface area contributed by atoms with Gasteiger partial charge in [-0.15, -0.1) is 10.2 Å². The number of aryl methyl sites for hydroxylation is 1. The Morgan fingerprint density at radius 1 is 1.25 bits per heavy atom. The zero-order valence-electron chi connectivity index (χ0n) is 14.5. The first-order valence-electron chi connectivity index (χ1n) is 7.95. The van der Waals surface area contributed by atoms with Gasteiger partial charge in [-0.3, -0.25) is 14.9 Å². The molecular weight excluding hydrogens is 422 g/mol. The number of amides is 1. The number of aromatic nitrogens is 2. The van der Waals surface area contributed by atoms with E-state index in [9.17, 15) is 14.9 Å². The number of nitro benzene ring substituents is 1. The summed E-state index contributed by atoms with van der Waals surface area (Å²) in [5.41, 5.74) is 2.21. The number of carbonyl (C=O) groups excluding carboxylic acids is 1. The largest absolute Gasteiger partial charge is 0.330 e. The first-order chi connectivity index (χ1) is 13.4. The molecule has 1 heterocycles. The zero-order valence-corrected chi connectivity index (χ0v) is 16.9. The van der Waals surface area contributed by atoms with Crippen molar-refractivity contribution < 1.29 is 9.72 Å². The van der Waals surface area contributed by atoms with E-state index >= 15 is 0 Å². The van der Waals surface area contributed by atoms with Crippen LogP contribution in [-0.4, -0.2) is 26.8 Å². The minimum atomic E-state index is -0.550. The Morgan fingerprint density at radius 2 is 2.04 bits per heavy atom. The van der Waals surface area contributed by atoms with Gasteiger partial charge in [-0.2, -0.15) is 0 Å². The van der Waals surface area contributed by atoms with Crippen LogP contribution in [0.4, 0.5) is 22.2 Å². The topological polar surface area (TPSA) is 110 Å². The van der Waals surface area contributed by atoms with Crippen molar-refractivity contribution in [2.75, 3.05) is 16.4 Å². The van der Waals surface area contributed by atoms with Gasteiger partial charge in [-0.25, -0.2) is 0 Å². The summed E-state index contributed by atoms with van der Waals surface area (Å²) >= 11 is 8.55. The molecule has 28 heavy (non-hydrogen) atoms. The molecule has 3 aromatic rings. The highest BCUT2D eigenvalue weighted by Gasteiger charge is 2.13. The second-order valence-corrected chi connectivity index (χ2v) is 8.18. The van der Waals surface area contributed by atoms with Crippen LogP contribution in [0.5, 0.6) is 0 Å². The molecule has 2 aromatic carbocycles. The molecule has 144 valence electrons. The van der Waals surface area contributed by atoms with Crippen LogP contribution in [0.2, 0.25) is 5.02 Å². The van der Waals surface area contributed by atoms with Gasteiger partial charge in [0, 0.05) is 17.8 Å². The Labute approximate surface area is 173 Å². The molecule has 0 saturated carbocycles. The minimum Gasteiger partial charge on any atom is -0.330 e. The van der Waals surface area contributed by atoms with Gasteiger partial charge in [0.15, 0.2) is 4.34 Å². The molecular formula is C17H14ClN5O3S2. The molecule has 0 fully saturated rings. The van der Waals surface area contributed by atoms with Gasteiger partial charge in [-0.1, -0.05) is 52.9 Å². The maximum atomic E-state index is 12.1. The maximum absolute atomic E-state index is 12.1. The van der Waals surface area contributed by atoms with Crippen molar-refractivity contribution in [3.05, 3.63) is 63.2 Å². The van der Waals surface area contributed by atoms with Crippen LogP contribution in [-0.2, 0) is 4.79 Å². The molecule has 1 aromatic heterocycles. The fourth-order valence-electron chi connectivity index (χ4n) is 2.18. The number of anilines is 3. The van der Waals surface area contributed by atoms with Gasteiger partial charge in [0.1, 0.15) is 0 Å². The Balaban J connectivity index is 1.55. The lowest BCUT2D eigenvalue weighted by molar-refractivity contribution is -0.384. The van der Waals surface area contributed by atoms with E-state index in [4.69, 9.17) is 11.6 Å². The van der Waals surface area contributed by atoms with E-state index < -0.39 is 4.92 Å². The SMILES string of the molecule is Cc1ccccc1Nc1nnc(SCC(=O)Nc2ccc([N+](=O)[O-])cc2Cl)s1. The van der Waals surface area contributed by atoms with Crippen LogP contribution in [0.25, 0.3) is 0 Å². The average Bonchev–Trinajstić information content (AvgIpc) is 3.11. The second kappa shape index (κ2) is 9.00.